The van der Waals surface area contributed by atoms with Crippen molar-refractivity contribution < 1.29 is 23.1 Å². The number of carbonyl (C=O) groups is 1. The lowest BCUT2D eigenvalue weighted by atomic mass is 9.99. The van der Waals surface area contributed by atoms with Crippen LogP contribution in [0.1, 0.15) is 29.5 Å². The van der Waals surface area contributed by atoms with E-state index in [9.17, 15) is 23.1 Å². The fourth-order valence-corrected chi connectivity index (χ4v) is 3.93. The van der Waals surface area contributed by atoms with Crippen molar-refractivity contribution in [2.24, 2.45) is 0 Å². The molecule has 0 bridgehead atoms. The molecular weight excluding hydrogens is 373 g/mol. The van der Waals surface area contributed by atoms with E-state index in [-0.39, 0.29) is 23.1 Å². The van der Waals surface area contributed by atoms with Gasteiger partial charge in [-0.1, -0.05) is 0 Å². The summed E-state index contributed by atoms with van der Waals surface area (Å²) in [7, 11) is 0. The molecule has 1 aromatic carbocycles. The zero-order valence-electron chi connectivity index (χ0n) is 15.2. The van der Waals surface area contributed by atoms with Crippen LogP contribution in [0.15, 0.2) is 18.2 Å². The third-order valence-corrected chi connectivity index (χ3v) is 5.32. The molecule has 0 saturated carbocycles. The fourth-order valence-electron chi connectivity index (χ4n) is 3.93. The molecule has 1 aromatic heterocycles. The van der Waals surface area contributed by atoms with E-state index in [0.717, 1.165) is 36.8 Å². The first-order chi connectivity index (χ1) is 13.2. The smallest absolute Gasteiger partial charge is 0.416 e. The Morgan fingerprint density at radius 3 is 2.64 bits per heavy atom. The predicted octanol–water partition coefficient (Wildman–Crippen LogP) is 2.82. The van der Waals surface area contributed by atoms with Crippen molar-refractivity contribution in [2.45, 2.75) is 38.4 Å². The first-order valence-electron chi connectivity index (χ1n) is 9.05. The molecular formula is C19H19F3N4O2. The molecule has 0 unspecified atom stereocenters. The molecule has 2 aliphatic heterocycles. The molecule has 2 aliphatic rings. The number of fused-ring (bicyclic) bond motifs is 1. The number of nitrogens with zero attached hydrogens (tertiary/aromatic N) is 3. The largest absolute Gasteiger partial charge is 0.507 e. The standard InChI is InChI=1S/C19H19F3N4O2/c1-10-6-12(19(20,21)22)8-15(27)17(10)14-7-11-4-5-26(18(11)25-24-14)13-2-3-16(28)23-9-13/h6-8,13,27H,2-5,9H2,1H3,(H,23,28)/t13-/m0/s1. The summed E-state index contributed by atoms with van der Waals surface area (Å²) in [6.45, 7) is 2.81. The number of anilines is 1. The normalized spacial score (nSPS) is 19.5. The third kappa shape index (κ3) is 3.25. The lowest BCUT2D eigenvalue weighted by Gasteiger charge is -2.32. The number of aromatic nitrogens is 2. The minimum atomic E-state index is -4.53. The van der Waals surface area contributed by atoms with Gasteiger partial charge in [-0.15, -0.1) is 10.2 Å². The number of benzene rings is 1. The number of rotatable bonds is 2. The van der Waals surface area contributed by atoms with Gasteiger partial charge in [0.2, 0.25) is 5.91 Å². The molecule has 148 valence electrons. The van der Waals surface area contributed by atoms with Crippen LogP contribution in [0.25, 0.3) is 11.3 Å². The Labute approximate surface area is 159 Å². The number of alkyl halides is 3. The molecule has 6 nitrogen and oxygen atoms in total. The van der Waals surface area contributed by atoms with Gasteiger partial charge in [-0.05, 0) is 43.5 Å². The van der Waals surface area contributed by atoms with Crippen molar-refractivity contribution in [3.05, 3.63) is 34.9 Å². The summed E-state index contributed by atoms with van der Waals surface area (Å²) in [4.78, 5) is 13.5. The van der Waals surface area contributed by atoms with Crippen LogP contribution < -0.4 is 10.2 Å². The monoisotopic (exact) mass is 392 g/mol. The Balaban J connectivity index is 1.65. The van der Waals surface area contributed by atoms with Crippen LogP contribution in [0.5, 0.6) is 5.75 Å². The topological polar surface area (TPSA) is 78.4 Å². The number of aromatic hydroxyl groups is 1. The van der Waals surface area contributed by atoms with E-state index >= 15 is 0 Å². The van der Waals surface area contributed by atoms with Crippen LogP contribution in [-0.4, -0.2) is 40.3 Å². The summed E-state index contributed by atoms with van der Waals surface area (Å²) in [5, 5.41) is 21.5. The van der Waals surface area contributed by atoms with Gasteiger partial charge < -0.3 is 15.3 Å². The van der Waals surface area contributed by atoms with Gasteiger partial charge in [-0.25, -0.2) is 0 Å². The maximum absolute atomic E-state index is 12.9. The number of hydrogen-bond donors (Lipinski definition) is 2. The average Bonchev–Trinajstić information content (AvgIpc) is 3.04. The molecule has 2 N–H and O–H groups in total. The summed E-state index contributed by atoms with van der Waals surface area (Å²) in [6, 6.07) is 3.65. The number of piperidine rings is 1. The van der Waals surface area contributed by atoms with Crippen molar-refractivity contribution in [1.82, 2.24) is 15.5 Å². The van der Waals surface area contributed by atoms with Gasteiger partial charge in [0.1, 0.15) is 5.75 Å². The minimum absolute atomic E-state index is 0.0466. The van der Waals surface area contributed by atoms with Gasteiger partial charge >= 0.3 is 6.18 Å². The van der Waals surface area contributed by atoms with Crippen LogP contribution >= 0.6 is 0 Å². The van der Waals surface area contributed by atoms with Crippen LogP contribution in [0, 0.1) is 6.92 Å². The molecule has 0 radical (unpaired) electrons. The molecule has 2 aromatic rings. The maximum atomic E-state index is 12.9. The van der Waals surface area contributed by atoms with Crippen molar-refractivity contribution >= 4 is 11.7 Å². The number of amides is 1. The summed E-state index contributed by atoms with van der Waals surface area (Å²) < 4.78 is 38.8. The Kier molecular flexibility index (Phi) is 4.40. The third-order valence-electron chi connectivity index (χ3n) is 5.32. The second-order valence-corrected chi connectivity index (χ2v) is 7.20. The van der Waals surface area contributed by atoms with Crippen LogP contribution in [0.3, 0.4) is 0 Å². The molecule has 1 saturated heterocycles. The van der Waals surface area contributed by atoms with Gasteiger partial charge in [0.15, 0.2) is 5.82 Å². The Bertz CT molecular complexity index is 912. The van der Waals surface area contributed by atoms with Crippen LogP contribution in [0.4, 0.5) is 19.0 Å². The first kappa shape index (κ1) is 18.5. The average molecular weight is 392 g/mol. The minimum Gasteiger partial charge on any atom is -0.507 e. The van der Waals surface area contributed by atoms with Gasteiger partial charge in [-0.2, -0.15) is 13.2 Å². The zero-order valence-corrected chi connectivity index (χ0v) is 15.2. The van der Waals surface area contributed by atoms with Crippen LogP contribution in [0.2, 0.25) is 0 Å². The molecule has 1 amide bonds. The number of hydrogen-bond acceptors (Lipinski definition) is 5. The van der Waals surface area contributed by atoms with Crippen molar-refractivity contribution in [1.29, 1.82) is 0 Å². The Morgan fingerprint density at radius 1 is 1.21 bits per heavy atom. The van der Waals surface area contributed by atoms with E-state index < -0.39 is 17.5 Å². The number of halogens is 3. The van der Waals surface area contributed by atoms with E-state index in [4.69, 9.17) is 0 Å². The molecule has 28 heavy (non-hydrogen) atoms. The van der Waals surface area contributed by atoms with E-state index in [1.54, 1.807) is 6.07 Å². The van der Waals surface area contributed by atoms with Gasteiger partial charge in [-0.3, -0.25) is 4.79 Å². The van der Waals surface area contributed by atoms with E-state index in [2.05, 4.69) is 20.4 Å². The molecule has 9 heteroatoms. The second kappa shape index (κ2) is 6.65. The van der Waals surface area contributed by atoms with Gasteiger partial charge in [0, 0.05) is 36.7 Å². The summed E-state index contributed by atoms with van der Waals surface area (Å²) in [5.41, 5.74) is 0.922. The fraction of sp³-hybridized carbons (Fsp3) is 0.421. The second-order valence-electron chi connectivity index (χ2n) is 7.20. The molecule has 1 atom stereocenters. The number of phenols is 1. The molecule has 0 aliphatic carbocycles. The molecule has 3 heterocycles. The van der Waals surface area contributed by atoms with Crippen molar-refractivity contribution in [3.63, 3.8) is 0 Å². The summed E-state index contributed by atoms with van der Waals surface area (Å²) >= 11 is 0. The Hall–Kier alpha value is -2.84. The van der Waals surface area contributed by atoms with Crippen molar-refractivity contribution in [2.75, 3.05) is 18.0 Å². The Morgan fingerprint density at radius 2 is 2.00 bits per heavy atom. The summed E-state index contributed by atoms with van der Waals surface area (Å²) in [5.74, 6) is 0.311. The van der Waals surface area contributed by atoms with Gasteiger partial charge in [0.25, 0.3) is 0 Å². The highest BCUT2D eigenvalue weighted by atomic mass is 19.4. The predicted molar refractivity (Wildman–Crippen MR) is 96.0 cm³/mol. The lowest BCUT2D eigenvalue weighted by Crippen LogP contribution is -2.47. The highest BCUT2D eigenvalue weighted by Gasteiger charge is 2.33. The lowest BCUT2D eigenvalue weighted by molar-refractivity contribution is -0.137. The van der Waals surface area contributed by atoms with E-state index in [1.165, 1.54) is 6.92 Å². The zero-order chi connectivity index (χ0) is 20.1. The first-order valence-corrected chi connectivity index (χ1v) is 9.05. The van der Waals surface area contributed by atoms with Crippen molar-refractivity contribution in [3.8, 4) is 17.0 Å². The van der Waals surface area contributed by atoms with Crippen LogP contribution in [-0.2, 0) is 17.4 Å². The number of nitrogens with one attached hydrogen (secondary N) is 1. The quantitative estimate of drug-likeness (QED) is 0.822. The SMILES string of the molecule is Cc1cc(C(F)(F)F)cc(O)c1-c1cc2c(nn1)N([C@H]1CCC(=O)NC1)CC2. The van der Waals surface area contributed by atoms with E-state index in [0.29, 0.717) is 24.7 Å². The molecule has 4 rings (SSSR count). The number of phenolic OH excluding ortho intramolecular Hbond substituents is 1. The number of aryl methyl sites for hydroxylation is 1. The highest BCUT2D eigenvalue weighted by molar-refractivity contribution is 5.77. The number of carbonyl (C=O) groups excluding carboxylic acids is 1. The molecule has 0 spiro atoms. The van der Waals surface area contributed by atoms with E-state index in [1.807, 2.05) is 0 Å². The maximum Gasteiger partial charge on any atom is 0.416 e. The van der Waals surface area contributed by atoms with Gasteiger partial charge in [0.05, 0.1) is 11.3 Å². The highest BCUT2D eigenvalue weighted by Crippen LogP contribution is 2.39. The summed E-state index contributed by atoms with van der Waals surface area (Å²) in [6.07, 6.45) is -2.59. The molecule has 1 fully saturated rings.